The van der Waals surface area contributed by atoms with Gasteiger partial charge >= 0.3 is 0 Å². The lowest BCUT2D eigenvalue weighted by Crippen LogP contribution is -2.27. The van der Waals surface area contributed by atoms with Gasteiger partial charge in [-0.25, -0.2) is 9.97 Å². The minimum Gasteiger partial charge on any atom is -0.312 e. The number of hydrogen-bond acceptors (Lipinski definition) is 3. The first-order chi connectivity index (χ1) is 9.42. The van der Waals surface area contributed by atoms with Crippen molar-refractivity contribution < 1.29 is 0 Å². The first-order valence-corrected chi connectivity index (χ1v) is 8.02. The first-order valence-electron chi connectivity index (χ1n) is 8.02. The fraction of sp³-hybridized carbons (Fsp3) is 0.750. The van der Waals surface area contributed by atoms with Crippen LogP contribution in [0.4, 0.5) is 0 Å². The molecule has 3 nitrogen and oxygen atoms in total. The van der Waals surface area contributed by atoms with E-state index in [0.717, 1.165) is 25.4 Å². The Balaban J connectivity index is 1.72. The minimum atomic E-state index is 0.645. The van der Waals surface area contributed by atoms with Crippen molar-refractivity contribution in [3.63, 3.8) is 0 Å². The van der Waals surface area contributed by atoms with Gasteiger partial charge in [-0.2, -0.15) is 0 Å². The van der Waals surface area contributed by atoms with Crippen LogP contribution >= 0.6 is 0 Å². The Labute approximate surface area is 115 Å². The van der Waals surface area contributed by atoms with E-state index >= 15 is 0 Å². The summed E-state index contributed by atoms with van der Waals surface area (Å²) in [5, 5.41) is 3.48. The maximum atomic E-state index is 5.02. The molecule has 1 N–H and O–H groups in total. The molecule has 0 aromatic carbocycles. The predicted octanol–water partition coefficient (Wildman–Crippen LogP) is 3.05. The molecular formula is C16H23N3. The van der Waals surface area contributed by atoms with Crippen LogP contribution in [0.3, 0.4) is 0 Å². The van der Waals surface area contributed by atoms with Crippen molar-refractivity contribution in [2.75, 3.05) is 6.54 Å². The Bertz CT molecular complexity index is 473. The number of rotatable bonds is 2. The molecule has 2 heterocycles. The SMILES string of the molecule is C1CCC(c2nc3c(c(C4CC4)n2)CNCC3)CC1. The highest BCUT2D eigenvalue weighted by Crippen LogP contribution is 2.42. The van der Waals surface area contributed by atoms with Crippen LogP contribution in [-0.2, 0) is 13.0 Å². The van der Waals surface area contributed by atoms with Crippen LogP contribution in [0.2, 0.25) is 0 Å². The lowest BCUT2D eigenvalue weighted by atomic mass is 9.88. The Hall–Kier alpha value is -0.960. The average Bonchev–Trinajstić information content (AvgIpc) is 3.32. The van der Waals surface area contributed by atoms with Gasteiger partial charge in [0.25, 0.3) is 0 Å². The zero-order valence-corrected chi connectivity index (χ0v) is 11.6. The summed E-state index contributed by atoms with van der Waals surface area (Å²) in [4.78, 5) is 9.98. The van der Waals surface area contributed by atoms with Crippen LogP contribution in [0.25, 0.3) is 0 Å². The van der Waals surface area contributed by atoms with Crippen molar-refractivity contribution in [3.8, 4) is 0 Å². The second-order valence-corrected chi connectivity index (χ2v) is 6.43. The van der Waals surface area contributed by atoms with Gasteiger partial charge in [-0.05, 0) is 25.7 Å². The normalized spacial score (nSPS) is 24.2. The fourth-order valence-electron chi connectivity index (χ4n) is 3.63. The third-order valence-electron chi connectivity index (χ3n) is 4.92. The minimum absolute atomic E-state index is 0.645. The van der Waals surface area contributed by atoms with Gasteiger partial charge in [-0.3, -0.25) is 0 Å². The third-order valence-corrected chi connectivity index (χ3v) is 4.92. The van der Waals surface area contributed by atoms with E-state index < -0.39 is 0 Å². The van der Waals surface area contributed by atoms with E-state index in [1.54, 1.807) is 0 Å². The summed E-state index contributed by atoms with van der Waals surface area (Å²) in [6.45, 7) is 2.07. The Morgan fingerprint density at radius 3 is 2.53 bits per heavy atom. The summed E-state index contributed by atoms with van der Waals surface area (Å²) in [5.74, 6) is 2.58. The van der Waals surface area contributed by atoms with Crippen LogP contribution in [0.1, 0.15) is 79.6 Å². The van der Waals surface area contributed by atoms with Gasteiger partial charge in [0.05, 0.1) is 11.4 Å². The van der Waals surface area contributed by atoms with Crippen molar-refractivity contribution in [1.82, 2.24) is 15.3 Å². The van der Waals surface area contributed by atoms with Crippen molar-refractivity contribution in [1.29, 1.82) is 0 Å². The molecule has 0 atom stereocenters. The van der Waals surface area contributed by atoms with E-state index in [0.29, 0.717) is 5.92 Å². The number of nitrogens with one attached hydrogen (secondary N) is 1. The molecule has 1 aromatic heterocycles. The topological polar surface area (TPSA) is 37.8 Å². The second-order valence-electron chi connectivity index (χ2n) is 6.43. The van der Waals surface area contributed by atoms with Crippen molar-refractivity contribution >= 4 is 0 Å². The Morgan fingerprint density at radius 1 is 0.895 bits per heavy atom. The molecule has 0 unspecified atom stereocenters. The van der Waals surface area contributed by atoms with Gasteiger partial charge in [0, 0.05) is 36.9 Å². The molecule has 2 saturated carbocycles. The van der Waals surface area contributed by atoms with E-state index in [2.05, 4.69) is 5.32 Å². The molecule has 0 saturated heterocycles. The van der Waals surface area contributed by atoms with Crippen LogP contribution in [0.15, 0.2) is 0 Å². The maximum absolute atomic E-state index is 5.02. The van der Waals surface area contributed by atoms with Gasteiger partial charge < -0.3 is 5.32 Å². The molecule has 0 amide bonds. The highest BCUT2D eigenvalue weighted by Gasteiger charge is 2.31. The lowest BCUT2D eigenvalue weighted by molar-refractivity contribution is 0.424. The molecule has 2 fully saturated rings. The monoisotopic (exact) mass is 257 g/mol. The average molecular weight is 257 g/mol. The fourth-order valence-corrected chi connectivity index (χ4v) is 3.63. The number of aromatic nitrogens is 2. The lowest BCUT2D eigenvalue weighted by Gasteiger charge is -2.25. The molecule has 0 spiro atoms. The Kier molecular flexibility index (Phi) is 3.03. The zero-order chi connectivity index (χ0) is 12.7. The van der Waals surface area contributed by atoms with Gasteiger partial charge in [0.15, 0.2) is 0 Å². The molecule has 0 radical (unpaired) electrons. The third kappa shape index (κ3) is 2.29. The molecule has 4 rings (SSSR count). The van der Waals surface area contributed by atoms with Crippen LogP contribution in [0.5, 0.6) is 0 Å². The number of hydrogen-bond donors (Lipinski definition) is 1. The van der Waals surface area contributed by atoms with Crippen molar-refractivity contribution in [2.45, 2.75) is 69.7 Å². The van der Waals surface area contributed by atoms with Crippen LogP contribution in [-0.4, -0.2) is 16.5 Å². The molecule has 19 heavy (non-hydrogen) atoms. The number of fused-ring (bicyclic) bond motifs is 1. The maximum Gasteiger partial charge on any atom is 0.131 e. The summed E-state index contributed by atoms with van der Waals surface area (Å²) in [6, 6.07) is 0. The summed E-state index contributed by atoms with van der Waals surface area (Å²) in [7, 11) is 0. The summed E-state index contributed by atoms with van der Waals surface area (Å²) < 4.78 is 0. The molecule has 2 aliphatic carbocycles. The van der Waals surface area contributed by atoms with E-state index in [1.165, 1.54) is 67.7 Å². The summed E-state index contributed by atoms with van der Waals surface area (Å²) in [6.07, 6.45) is 10.5. The quantitative estimate of drug-likeness (QED) is 0.885. The van der Waals surface area contributed by atoms with Gasteiger partial charge in [-0.15, -0.1) is 0 Å². The smallest absolute Gasteiger partial charge is 0.131 e. The van der Waals surface area contributed by atoms with Gasteiger partial charge in [0.2, 0.25) is 0 Å². The highest BCUT2D eigenvalue weighted by molar-refractivity contribution is 5.33. The van der Waals surface area contributed by atoms with Crippen LogP contribution in [0, 0.1) is 0 Å². The van der Waals surface area contributed by atoms with Gasteiger partial charge in [-0.1, -0.05) is 19.3 Å². The zero-order valence-electron chi connectivity index (χ0n) is 11.6. The second kappa shape index (κ2) is 4.86. The highest BCUT2D eigenvalue weighted by atomic mass is 15.0. The van der Waals surface area contributed by atoms with Crippen molar-refractivity contribution in [2.24, 2.45) is 0 Å². The predicted molar refractivity (Wildman–Crippen MR) is 75.2 cm³/mol. The van der Waals surface area contributed by atoms with E-state index in [9.17, 15) is 0 Å². The molecule has 1 aliphatic heterocycles. The van der Waals surface area contributed by atoms with E-state index in [1.807, 2.05) is 0 Å². The Morgan fingerprint density at radius 2 is 1.74 bits per heavy atom. The molecule has 1 aromatic rings. The standard InChI is InChI=1S/C16H23N3/c1-2-4-12(5-3-1)16-18-14-8-9-17-10-13(14)15(19-16)11-6-7-11/h11-12,17H,1-10H2. The molecule has 3 aliphatic rings. The summed E-state index contributed by atoms with van der Waals surface area (Å²) in [5.41, 5.74) is 4.20. The largest absolute Gasteiger partial charge is 0.312 e. The molecule has 102 valence electrons. The first kappa shape index (κ1) is 11.8. The molecular weight excluding hydrogens is 234 g/mol. The van der Waals surface area contributed by atoms with Gasteiger partial charge in [0.1, 0.15) is 5.82 Å². The van der Waals surface area contributed by atoms with E-state index in [4.69, 9.17) is 9.97 Å². The van der Waals surface area contributed by atoms with Crippen LogP contribution < -0.4 is 5.32 Å². The van der Waals surface area contributed by atoms with Crippen molar-refractivity contribution in [3.05, 3.63) is 22.8 Å². The summed E-state index contributed by atoms with van der Waals surface area (Å²) >= 11 is 0. The van der Waals surface area contributed by atoms with E-state index in [-0.39, 0.29) is 0 Å². The molecule has 0 bridgehead atoms. The number of nitrogens with zero attached hydrogens (tertiary/aromatic N) is 2. The molecule has 3 heteroatoms.